The fraction of sp³-hybridized carbons (Fsp3) is 0.0690. The summed E-state index contributed by atoms with van der Waals surface area (Å²) in [6.07, 6.45) is 0. The topological polar surface area (TPSA) is 8.17 Å². The number of benzene rings is 9. The van der Waals surface area contributed by atoms with E-state index in [2.05, 4.69) is 243 Å². The summed E-state index contributed by atoms with van der Waals surface area (Å²) in [6, 6.07) is 75.7. The third-order valence-electron chi connectivity index (χ3n) is 11.7. The summed E-state index contributed by atoms with van der Waals surface area (Å²) in [5.41, 5.74) is 21.5. The predicted octanol–water partition coefficient (Wildman–Crippen LogP) is 16.2. The van der Waals surface area contributed by atoms with E-state index in [9.17, 15) is 0 Å². The zero-order chi connectivity index (χ0) is 40.7. The summed E-state index contributed by atoms with van der Waals surface area (Å²) in [5.74, 6) is 0. The van der Waals surface area contributed by atoms with Gasteiger partial charge in [0.2, 0.25) is 0 Å². The summed E-state index contributed by atoms with van der Waals surface area (Å²) in [5, 5.41) is 2.41. The lowest BCUT2D eigenvalue weighted by atomic mass is 9.92. The Morgan fingerprint density at radius 1 is 0.333 bits per heavy atom. The maximum Gasteiger partial charge on any atom is 0.0618 e. The number of anilines is 3. The molecule has 9 aromatic carbocycles. The van der Waals surface area contributed by atoms with Crippen LogP contribution in [-0.4, -0.2) is 4.57 Å². The van der Waals surface area contributed by atoms with E-state index < -0.39 is 0 Å². The second kappa shape index (κ2) is 15.4. The maximum absolute atomic E-state index is 2.53. The van der Waals surface area contributed by atoms with Gasteiger partial charge >= 0.3 is 0 Å². The van der Waals surface area contributed by atoms with E-state index >= 15 is 0 Å². The van der Waals surface area contributed by atoms with Crippen LogP contribution in [0.25, 0.3) is 72.0 Å². The first-order valence-electron chi connectivity index (χ1n) is 20.8. The maximum atomic E-state index is 2.53. The quantitative estimate of drug-likeness (QED) is 0.149. The van der Waals surface area contributed by atoms with Crippen molar-refractivity contribution in [2.75, 3.05) is 4.90 Å². The number of hydrogen-bond acceptors (Lipinski definition) is 1. The lowest BCUT2D eigenvalue weighted by molar-refractivity contribution is 1.18. The third kappa shape index (κ3) is 6.76. The molecule has 10 rings (SSSR count). The van der Waals surface area contributed by atoms with Gasteiger partial charge in [-0.05, 0) is 104 Å². The summed E-state index contributed by atoms with van der Waals surface area (Å²) in [4.78, 5) is 2.43. The van der Waals surface area contributed by atoms with E-state index in [-0.39, 0.29) is 0 Å². The Hall–Kier alpha value is -7.42. The number of aromatic nitrogens is 1. The van der Waals surface area contributed by atoms with E-state index in [0.29, 0.717) is 0 Å². The fourth-order valence-electron chi connectivity index (χ4n) is 9.23. The molecule has 0 bridgehead atoms. The second-order valence-electron chi connectivity index (χ2n) is 16.1. The Morgan fingerprint density at radius 2 is 0.750 bits per heavy atom. The highest BCUT2D eigenvalue weighted by molar-refractivity contribution is 6.17. The molecule has 0 fully saturated rings. The highest BCUT2D eigenvalue weighted by Gasteiger charge is 2.24. The van der Waals surface area contributed by atoms with Gasteiger partial charge in [-0.25, -0.2) is 0 Å². The van der Waals surface area contributed by atoms with E-state index in [0.717, 1.165) is 22.6 Å². The molecule has 2 heteroatoms. The average Bonchev–Trinajstić information content (AvgIpc) is 3.61. The molecule has 0 aliphatic carbocycles. The molecule has 1 aromatic heterocycles. The summed E-state index contributed by atoms with van der Waals surface area (Å²) < 4.78 is 2.53. The third-order valence-corrected chi connectivity index (χ3v) is 11.7. The SMILES string of the molecule is Cc1cc(C)cc(-c2cccc(-c3cc(C)cc(C)c3)c2-n2c3ccccc3c3c(N(c4ccc(-c5ccccc5)cc4)c4ccc(-c5ccccc5)cc4)cccc32)c1. The molecule has 0 radical (unpaired) electrons. The average molecular weight is 771 g/mol. The second-order valence-corrected chi connectivity index (χ2v) is 16.1. The van der Waals surface area contributed by atoms with Crippen LogP contribution in [-0.2, 0) is 0 Å². The molecule has 10 aromatic rings. The Morgan fingerprint density at radius 3 is 1.25 bits per heavy atom. The molecule has 0 atom stereocenters. The van der Waals surface area contributed by atoms with Crippen molar-refractivity contribution in [2.24, 2.45) is 0 Å². The normalized spacial score (nSPS) is 11.3. The summed E-state index contributed by atoms with van der Waals surface area (Å²) >= 11 is 0. The zero-order valence-electron chi connectivity index (χ0n) is 34.5. The van der Waals surface area contributed by atoms with Crippen LogP contribution < -0.4 is 4.90 Å². The first-order valence-corrected chi connectivity index (χ1v) is 20.8. The van der Waals surface area contributed by atoms with Crippen molar-refractivity contribution < 1.29 is 0 Å². The van der Waals surface area contributed by atoms with Gasteiger partial charge in [0.15, 0.2) is 0 Å². The van der Waals surface area contributed by atoms with Crippen LogP contribution in [0.3, 0.4) is 0 Å². The molecule has 60 heavy (non-hydrogen) atoms. The molecule has 0 aliphatic rings. The Balaban J connectivity index is 1.25. The van der Waals surface area contributed by atoms with Gasteiger partial charge in [0, 0.05) is 33.3 Å². The molecule has 288 valence electrons. The first-order chi connectivity index (χ1) is 29.4. The van der Waals surface area contributed by atoms with Gasteiger partial charge < -0.3 is 9.47 Å². The van der Waals surface area contributed by atoms with E-state index in [4.69, 9.17) is 0 Å². The number of fused-ring (bicyclic) bond motifs is 3. The number of para-hydroxylation sites is 2. The molecule has 0 saturated heterocycles. The van der Waals surface area contributed by atoms with E-state index in [1.807, 2.05) is 0 Å². The predicted molar refractivity (Wildman–Crippen MR) is 256 cm³/mol. The van der Waals surface area contributed by atoms with Gasteiger partial charge in [0.1, 0.15) is 0 Å². The van der Waals surface area contributed by atoms with Crippen LogP contribution in [0.2, 0.25) is 0 Å². The van der Waals surface area contributed by atoms with Crippen molar-refractivity contribution in [3.63, 3.8) is 0 Å². The molecule has 0 aliphatic heterocycles. The van der Waals surface area contributed by atoms with E-state index in [1.54, 1.807) is 0 Å². The minimum Gasteiger partial charge on any atom is -0.310 e. The van der Waals surface area contributed by atoms with Crippen LogP contribution in [0.15, 0.2) is 206 Å². The fourth-order valence-corrected chi connectivity index (χ4v) is 9.23. The molecular weight excluding hydrogens is 725 g/mol. The van der Waals surface area contributed by atoms with E-state index in [1.165, 1.54) is 88.7 Å². The Bertz CT molecular complexity index is 2960. The Kier molecular flexibility index (Phi) is 9.47. The van der Waals surface area contributed by atoms with Crippen molar-refractivity contribution in [2.45, 2.75) is 27.7 Å². The van der Waals surface area contributed by atoms with Crippen molar-refractivity contribution in [3.05, 3.63) is 229 Å². The number of aryl methyl sites for hydroxylation is 4. The van der Waals surface area contributed by atoms with Crippen LogP contribution in [0.4, 0.5) is 17.1 Å². The highest BCUT2D eigenvalue weighted by atomic mass is 15.1. The van der Waals surface area contributed by atoms with Gasteiger partial charge in [-0.15, -0.1) is 0 Å². The monoisotopic (exact) mass is 770 g/mol. The first kappa shape index (κ1) is 36.9. The van der Waals surface area contributed by atoms with Crippen LogP contribution in [0.5, 0.6) is 0 Å². The molecule has 0 saturated carbocycles. The van der Waals surface area contributed by atoms with Gasteiger partial charge in [0.05, 0.1) is 22.4 Å². The molecule has 0 amide bonds. The van der Waals surface area contributed by atoms with Gasteiger partial charge in [-0.2, -0.15) is 0 Å². The summed E-state index contributed by atoms with van der Waals surface area (Å²) in [6.45, 7) is 8.79. The van der Waals surface area contributed by atoms with Crippen molar-refractivity contribution >= 4 is 38.9 Å². The minimum atomic E-state index is 1.10. The highest BCUT2D eigenvalue weighted by Crippen LogP contribution is 2.47. The van der Waals surface area contributed by atoms with Crippen molar-refractivity contribution in [1.82, 2.24) is 4.57 Å². The molecular formula is C58H46N2. The number of rotatable bonds is 8. The molecule has 0 spiro atoms. The number of hydrogen-bond donors (Lipinski definition) is 0. The van der Waals surface area contributed by atoms with Crippen LogP contribution in [0, 0.1) is 27.7 Å². The minimum absolute atomic E-state index is 1.10. The Labute approximate surface area is 353 Å². The smallest absolute Gasteiger partial charge is 0.0618 e. The lowest BCUT2D eigenvalue weighted by Crippen LogP contribution is -2.10. The number of nitrogens with zero attached hydrogens (tertiary/aromatic N) is 2. The molecule has 1 heterocycles. The molecule has 2 nitrogen and oxygen atoms in total. The van der Waals surface area contributed by atoms with Gasteiger partial charge in [-0.3, -0.25) is 0 Å². The largest absolute Gasteiger partial charge is 0.310 e. The molecule has 0 N–H and O–H groups in total. The van der Waals surface area contributed by atoms with Gasteiger partial charge in [-0.1, -0.05) is 186 Å². The van der Waals surface area contributed by atoms with Crippen LogP contribution in [0.1, 0.15) is 22.3 Å². The van der Waals surface area contributed by atoms with Crippen molar-refractivity contribution in [1.29, 1.82) is 0 Å². The van der Waals surface area contributed by atoms with Crippen molar-refractivity contribution in [3.8, 4) is 50.2 Å². The standard InChI is InChI=1S/C58H46N2/c1-39-33-40(2)36-47(35-39)51-20-13-21-52(48-37-41(3)34-42(4)38-48)58(51)60-54-22-12-11-19-53(54)57-55(23-14-24-56(57)60)59(49-29-25-45(26-30-49)43-15-7-5-8-16-43)50-31-27-46(28-32-50)44-17-9-6-10-18-44/h5-38H,1-4H3. The van der Waals surface area contributed by atoms with Crippen LogP contribution >= 0.6 is 0 Å². The zero-order valence-corrected chi connectivity index (χ0v) is 34.5. The lowest BCUT2D eigenvalue weighted by Gasteiger charge is -2.27. The summed E-state index contributed by atoms with van der Waals surface area (Å²) in [7, 11) is 0. The molecule has 0 unspecified atom stereocenters. The van der Waals surface area contributed by atoms with Gasteiger partial charge in [0.25, 0.3) is 0 Å².